The lowest BCUT2D eigenvalue weighted by Gasteiger charge is -2.29. The van der Waals surface area contributed by atoms with Gasteiger partial charge in [0.1, 0.15) is 11.6 Å². The molecule has 9 heteroatoms. The molecule has 0 bridgehead atoms. The highest BCUT2D eigenvalue weighted by Gasteiger charge is 2.43. The number of esters is 1. The largest absolute Gasteiger partial charge is 0.459 e. The van der Waals surface area contributed by atoms with Gasteiger partial charge < -0.3 is 4.74 Å². The molecule has 0 spiro atoms. The van der Waals surface area contributed by atoms with Crippen LogP contribution in [0.1, 0.15) is 33.6 Å². The number of aryl methyl sites for hydroxylation is 1. The van der Waals surface area contributed by atoms with Crippen molar-refractivity contribution in [2.75, 3.05) is 17.9 Å². The molecule has 0 amide bonds. The van der Waals surface area contributed by atoms with Crippen molar-refractivity contribution >= 4 is 22.0 Å². The zero-order valence-electron chi connectivity index (χ0n) is 14.2. The van der Waals surface area contributed by atoms with E-state index >= 15 is 0 Å². The summed E-state index contributed by atoms with van der Waals surface area (Å²) < 4.78 is 34.8. The maximum absolute atomic E-state index is 12.8. The van der Waals surface area contributed by atoms with E-state index in [-0.39, 0.29) is 0 Å². The van der Waals surface area contributed by atoms with Gasteiger partial charge in [0.15, 0.2) is 5.82 Å². The molecule has 2 rings (SSSR count). The number of hydrogen-bond acceptors (Lipinski definition) is 5. The van der Waals surface area contributed by atoms with Crippen molar-refractivity contribution in [1.29, 1.82) is 0 Å². The normalized spacial score (nSPS) is 19.8. The van der Waals surface area contributed by atoms with Gasteiger partial charge in [0, 0.05) is 32.9 Å². The van der Waals surface area contributed by atoms with Crippen molar-refractivity contribution in [2.24, 2.45) is 7.05 Å². The minimum absolute atomic E-state index is 0.295. The lowest BCUT2D eigenvalue weighted by molar-refractivity contribution is -0.158. The summed E-state index contributed by atoms with van der Waals surface area (Å²) in [5, 5.41) is 4.10. The molecule has 1 aliphatic heterocycles. The van der Waals surface area contributed by atoms with Crippen LogP contribution in [-0.4, -0.2) is 53.7 Å². The van der Waals surface area contributed by atoms with E-state index in [4.69, 9.17) is 4.74 Å². The molecule has 1 aliphatic rings. The fourth-order valence-electron chi connectivity index (χ4n) is 2.47. The first-order chi connectivity index (χ1) is 10.5. The maximum Gasteiger partial charge on any atom is 0.325 e. The Hall–Kier alpha value is -1.61. The van der Waals surface area contributed by atoms with Gasteiger partial charge >= 0.3 is 16.2 Å². The van der Waals surface area contributed by atoms with E-state index in [0.29, 0.717) is 25.2 Å². The maximum atomic E-state index is 12.8. The molecule has 1 aromatic heterocycles. The summed E-state index contributed by atoms with van der Waals surface area (Å²) >= 11 is 0. The molecule has 23 heavy (non-hydrogen) atoms. The smallest absolute Gasteiger partial charge is 0.325 e. The van der Waals surface area contributed by atoms with Gasteiger partial charge in [-0.2, -0.15) is 17.8 Å². The quantitative estimate of drug-likeness (QED) is 0.758. The van der Waals surface area contributed by atoms with Gasteiger partial charge in [0.2, 0.25) is 0 Å². The van der Waals surface area contributed by atoms with Gasteiger partial charge in [-0.15, -0.1) is 0 Å². The molecule has 0 N–H and O–H groups in total. The Balaban J connectivity index is 2.22. The van der Waals surface area contributed by atoms with Crippen LogP contribution in [0, 0.1) is 0 Å². The molecule has 0 saturated carbocycles. The van der Waals surface area contributed by atoms with Gasteiger partial charge in [0.05, 0.1) is 0 Å². The summed E-state index contributed by atoms with van der Waals surface area (Å²) in [6, 6.07) is 0.821. The predicted octanol–water partition coefficient (Wildman–Crippen LogP) is 0.907. The number of aromatic nitrogens is 2. The zero-order chi connectivity index (χ0) is 17.4. The Morgan fingerprint density at radius 1 is 1.43 bits per heavy atom. The highest BCUT2D eigenvalue weighted by molar-refractivity contribution is 7.90. The number of carbonyl (C=O) groups is 1. The van der Waals surface area contributed by atoms with Crippen LogP contribution in [0.3, 0.4) is 0 Å². The van der Waals surface area contributed by atoms with E-state index in [2.05, 4.69) is 5.10 Å². The summed E-state index contributed by atoms with van der Waals surface area (Å²) in [6.45, 7) is 5.58. The second-order valence-corrected chi connectivity index (χ2v) is 8.54. The van der Waals surface area contributed by atoms with Crippen molar-refractivity contribution in [3.05, 3.63) is 12.3 Å². The molecule has 0 radical (unpaired) electrons. The van der Waals surface area contributed by atoms with Crippen molar-refractivity contribution in [3.8, 4) is 0 Å². The van der Waals surface area contributed by atoms with Crippen molar-refractivity contribution in [1.82, 2.24) is 14.1 Å². The number of hydrogen-bond donors (Lipinski definition) is 0. The monoisotopic (exact) mass is 344 g/mol. The molecule has 1 saturated heterocycles. The van der Waals surface area contributed by atoms with Crippen LogP contribution in [0.5, 0.6) is 0 Å². The van der Waals surface area contributed by atoms with E-state index in [1.165, 1.54) is 16.0 Å². The summed E-state index contributed by atoms with van der Waals surface area (Å²) in [7, 11) is -0.694. The Morgan fingerprint density at radius 3 is 2.61 bits per heavy atom. The number of nitrogens with zero attached hydrogens (tertiary/aromatic N) is 4. The van der Waals surface area contributed by atoms with Crippen molar-refractivity contribution < 1.29 is 17.9 Å². The van der Waals surface area contributed by atoms with Gasteiger partial charge in [0.25, 0.3) is 0 Å². The molecule has 1 aromatic rings. The van der Waals surface area contributed by atoms with E-state index in [1.807, 2.05) is 0 Å². The molecule has 0 aliphatic carbocycles. The van der Waals surface area contributed by atoms with Gasteiger partial charge in [-0.25, -0.2) is 4.31 Å². The van der Waals surface area contributed by atoms with Crippen LogP contribution in [0.15, 0.2) is 12.3 Å². The van der Waals surface area contributed by atoms with E-state index in [9.17, 15) is 13.2 Å². The van der Waals surface area contributed by atoms with Gasteiger partial charge in [-0.05, 0) is 33.6 Å². The molecule has 0 aromatic carbocycles. The van der Waals surface area contributed by atoms with Crippen LogP contribution < -0.4 is 4.31 Å². The highest BCUT2D eigenvalue weighted by atomic mass is 32.2. The van der Waals surface area contributed by atoms with Gasteiger partial charge in [-0.3, -0.25) is 9.48 Å². The molecule has 0 unspecified atom stereocenters. The fraction of sp³-hybridized carbons (Fsp3) is 0.714. The first-order valence-electron chi connectivity index (χ1n) is 7.50. The molecule has 130 valence electrons. The third kappa shape index (κ3) is 3.84. The van der Waals surface area contributed by atoms with Crippen LogP contribution in [-0.2, 0) is 26.8 Å². The number of rotatable bonds is 4. The zero-order valence-corrected chi connectivity index (χ0v) is 15.0. The van der Waals surface area contributed by atoms with Crippen LogP contribution in [0.2, 0.25) is 0 Å². The van der Waals surface area contributed by atoms with Crippen LogP contribution in [0.4, 0.5) is 5.82 Å². The average Bonchev–Trinajstić information content (AvgIpc) is 3.04. The average molecular weight is 344 g/mol. The molecule has 8 nitrogen and oxygen atoms in total. The number of carbonyl (C=O) groups excluding carboxylic acids is 1. The van der Waals surface area contributed by atoms with Crippen LogP contribution in [0.25, 0.3) is 0 Å². The number of ether oxygens (including phenoxy) is 1. The molecule has 2 heterocycles. The summed E-state index contributed by atoms with van der Waals surface area (Å²) in [5.74, 6) is -0.199. The SMILES string of the molecule is CN(c1ccn(C)n1)S(=O)(=O)N1CCC[C@H]1C(=O)OC(C)(C)C. The minimum Gasteiger partial charge on any atom is -0.459 e. The van der Waals surface area contributed by atoms with Crippen molar-refractivity contribution in [2.45, 2.75) is 45.3 Å². The Morgan fingerprint density at radius 2 is 2.09 bits per heavy atom. The number of anilines is 1. The molecule has 1 fully saturated rings. The van der Waals surface area contributed by atoms with E-state index < -0.39 is 27.8 Å². The summed E-state index contributed by atoms with van der Waals surface area (Å²) in [4.78, 5) is 12.3. The van der Waals surface area contributed by atoms with Gasteiger partial charge in [-0.1, -0.05) is 0 Å². The summed E-state index contributed by atoms with van der Waals surface area (Å²) in [6.07, 6.45) is 2.75. The second-order valence-electron chi connectivity index (χ2n) is 6.63. The van der Waals surface area contributed by atoms with E-state index in [1.54, 1.807) is 40.1 Å². The summed E-state index contributed by atoms with van der Waals surface area (Å²) in [5.41, 5.74) is -0.651. The second kappa shape index (κ2) is 6.12. The van der Waals surface area contributed by atoms with Crippen LogP contribution >= 0.6 is 0 Å². The third-order valence-electron chi connectivity index (χ3n) is 3.55. The Bertz CT molecular complexity index is 677. The lowest BCUT2D eigenvalue weighted by atomic mass is 10.2. The highest BCUT2D eigenvalue weighted by Crippen LogP contribution is 2.27. The first kappa shape index (κ1) is 17.7. The molecular formula is C14H24N4O4S. The first-order valence-corrected chi connectivity index (χ1v) is 8.90. The standard InChI is InChI=1S/C14H24N4O4S/c1-14(2,3)22-13(19)11-7-6-9-18(11)23(20,21)17(5)12-8-10-16(4)15-12/h8,10-11H,6-7,9H2,1-5H3/t11-/m0/s1. The minimum atomic E-state index is -3.84. The lowest BCUT2D eigenvalue weighted by Crippen LogP contribution is -2.48. The van der Waals surface area contributed by atoms with Crippen molar-refractivity contribution in [3.63, 3.8) is 0 Å². The topological polar surface area (TPSA) is 84.7 Å². The Labute approximate surface area is 137 Å². The predicted molar refractivity (Wildman–Crippen MR) is 86.1 cm³/mol. The third-order valence-corrected chi connectivity index (χ3v) is 5.46. The molecular weight excluding hydrogens is 320 g/mol. The fourth-order valence-corrected chi connectivity index (χ4v) is 3.99. The molecule has 1 atom stereocenters. The Kier molecular flexibility index (Phi) is 4.72. The van der Waals surface area contributed by atoms with E-state index in [0.717, 1.165) is 4.31 Å².